The summed E-state index contributed by atoms with van der Waals surface area (Å²) in [6.07, 6.45) is 66.9. The van der Waals surface area contributed by atoms with Gasteiger partial charge in [-0.3, -0.25) is 9.59 Å². The van der Waals surface area contributed by atoms with Crippen molar-refractivity contribution >= 4 is 11.9 Å². The van der Waals surface area contributed by atoms with E-state index in [1.165, 1.54) is 173 Å². The predicted octanol–water partition coefficient (Wildman–Crippen LogP) is 17.0. The first-order chi connectivity index (χ1) is 31.5. The molecule has 0 saturated heterocycles. The molecule has 0 heterocycles. The van der Waals surface area contributed by atoms with Crippen LogP contribution in [-0.2, 0) is 14.3 Å². The molecule has 0 rings (SSSR count). The molecule has 0 radical (unpaired) electrons. The maximum atomic E-state index is 12.4. The zero-order valence-corrected chi connectivity index (χ0v) is 42.5. The number of aliphatic hydroxyl groups excluding tert-OH is 2. The molecule has 0 aliphatic rings. The van der Waals surface area contributed by atoms with Crippen molar-refractivity contribution in [1.82, 2.24) is 5.32 Å². The van der Waals surface area contributed by atoms with Crippen molar-refractivity contribution in [3.8, 4) is 0 Å². The average Bonchev–Trinajstić information content (AvgIpc) is 3.29. The SMILES string of the molecule is CCCCCC/C=C\C/C=C\CCCCCCCC(=O)OCCCCCC/C=C\CCCCCCCCCC(=O)NC(CO)C(O)/C=C/CCCCCCCCCCCCCCCC. The van der Waals surface area contributed by atoms with E-state index in [4.69, 9.17) is 4.74 Å². The Labute approximate surface area is 397 Å². The molecule has 0 saturated carbocycles. The van der Waals surface area contributed by atoms with Gasteiger partial charge in [-0.1, -0.05) is 229 Å². The highest BCUT2D eigenvalue weighted by molar-refractivity contribution is 5.76. The fraction of sp³-hybridized carbons (Fsp3) is 0.828. The number of unbranched alkanes of at least 4 members (excludes halogenated alkanes) is 34. The standard InChI is InChI=1S/C58H107NO5/c1-3-5-7-9-11-13-15-17-19-22-26-30-34-38-42-46-50-56(61)55(54-60)59-57(62)51-47-43-39-35-31-27-23-21-25-29-33-37-41-45-49-53-64-58(63)52-48-44-40-36-32-28-24-20-18-16-14-12-10-8-6-4-2/h14,16,20,24-25,29,46,50,55-56,60-61H,3-13,15,17-19,21-23,26-28,30-45,47-49,51-54H2,1-2H3,(H,59,62)/b16-14-,24-20-,29-25-,50-46+. The van der Waals surface area contributed by atoms with Crippen LogP contribution in [0.4, 0.5) is 0 Å². The average molecular weight is 898 g/mol. The molecule has 0 fully saturated rings. The van der Waals surface area contributed by atoms with Crippen molar-refractivity contribution in [3.63, 3.8) is 0 Å². The summed E-state index contributed by atoms with van der Waals surface area (Å²) in [5.41, 5.74) is 0. The number of esters is 1. The third-order valence-electron chi connectivity index (χ3n) is 12.6. The van der Waals surface area contributed by atoms with Crippen molar-refractivity contribution in [2.75, 3.05) is 13.2 Å². The molecule has 0 aromatic carbocycles. The van der Waals surface area contributed by atoms with Gasteiger partial charge in [0.25, 0.3) is 0 Å². The zero-order chi connectivity index (χ0) is 46.5. The fourth-order valence-electron chi connectivity index (χ4n) is 8.25. The number of rotatable bonds is 51. The summed E-state index contributed by atoms with van der Waals surface area (Å²) < 4.78 is 5.45. The number of carbonyl (C=O) groups excluding carboxylic acids is 2. The lowest BCUT2D eigenvalue weighted by molar-refractivity contribution is -0.143. The first kappa shape index (κ1) is 61.8. The van der Waals surface area contributed by atoms with Gasteiger partial charge in [0.05, 0.1) is 25.4 Å². The number of carbonyl (C=O) groups is 2. The Bertz CT molecular complexity index is 1080. The molecule has 64 heavy (non-hydrogen) atoms. The third kappa shape index (κ3) is 49.3. The van der Waals surface area contributed by atoms with Gasteiger partial charge in [0.2, 0.25) is 5.91 Å². The van der Waals surface area contributed by atoms with E-state index in [1.54, 1.807) is 6.08 Å². The molecular formula is C58H107NO5. The van der Waals surface area contributed by atoms with Crippen LogP contribution in [0.3, 0.4) is 0 Å². The van der Waals surface area contributed by atoms with Crippen LogP contribution in [0.2, 0.25) is 0 Å². The van der Waals surface area contributed by atoms with Crippen LogP contribution in [-0.4, -0.2) is 47.4 Å². The van der Waals surface area contributed by atoms with Crippen LogP contribution in [0.25, 0.3) is 0 Å². The molecule has 0 aromatic rings. The molecule has 0 aromatic heterocycles. The number of ether oxygens (including phenoxy) is 1. The Kier molecular flexibility index (Phi) is 51.6. The molecule has 2 atom stereocenters. The molecule has 2 unspecified atom stereocenters. The Morgan fingerprint density at radius 2 is 0.781 bits per heavy atom. The lowest BCUT2D eigenvalue weighted by atomic mass is 10.0. The topological polar surface area (TPSA) is 95.9 Å². The summed E-state index contributed by atoms with van der Waals surface area (Å²) in [5.74, 6) is -0.109. The van der Waals surface area contributed by atoms with Crippen molar-refractivity contribution < 1.29 is 24.5 Å². The van der Waals surface area contributed by atoms with Crippen molar-refractivity contribution in [1.29, 1.82) is 0 Å². The fourth-order valence-corrected chi connectivity index (χ4v) is 8.25. The molecule has 3 N–H and O–H groups in total. The summed E-state index contributed by atoms with van der Waals surface area (Å²) >= 11 is 0. The van der Waals surface area contributed by atoms with Crippen LogP contribution >= 0.6 is 0 Å². The highest BCUT2D eigenvalue weighted by Crippen LogP contribution is 2.15. The van der Waals surface area contributed by atoms with Crippen LogP contribution in [0, 0.1) is 0 Å². The molecular weight excluding hydrogens is 791 g/mol. The van der Waals surface area contributed by atoms with E-state index in [0.29, 0.717) is 19.4 Å². The number of amides is 1. The van der Waals surface area contributed by atoms with Gasteiger partial charge in [0, 0.05) is 12.8 Å². The van der Waals surface area contributed by atoms with E-state index in [2.05, 4.69) is 55.6 Å². The Morgan fingerprint density at radius 3 is 1.22 bits per heavy atom. The first-order valence-corrected chi connectivity index (χ1v) is 27.9. The number of hydrogen-bond acceptors (Lipinski definition) is 5. The van der Waals surface area contributed by atoms with E-state index in [1.807, 2.05) is 6.08 Å². The van der Waals surface area contributed by atoms with E-state index in [9.17, 15) is 19.8 Å². The van der Waals surface area contributed by atoms with Gasteiger partial charge in [0.1, 0.15) is 0 Å². The lowest BCUT2D eigenvalue weighted by Crippen LogP contribution is -2.45. The van der Waals surface area contributed by atoms with Gasteiger partial charge >= 0.3 is 5.97 Å². The molecule has 0 aliphatic carbocycles. The summed E-state index contributed by atoms with van der Waals surface area (Å²) in [7, 11) is 0. The lowest BCUT2D eigenvalue weighted by Gasteiger charge is -2.20. The summed E-state index contributed by atoms with van der Waals surface area (Å²) in [5, 5.41) is 23.1. The monoisotopic (exact) mass is 898 g/mol. The number of allylic oxidation sites excluding steroid dienone is 7. The van der Waals surface area contributed by atoms with Gasteiger partial charge in [-0.25, -0.2) is 0 Å². The van der Waals surface area contributed by atoms with Crippen LogP contribution in [0.1, 0.15) is 284 Å². The second-order valence-electron chi connectivity index (χ2n) is 18.9. The maximum absolute atomic E-state index is 12.4. The van der Waals surface area contributed by atoms with Crippen molar-refractivity contribution in [2.45, 2.75) is 296 Å². The zero-order valence-electron chi connectivity index (χ0n) is 42.5. The van der Waals surface area contributed by atoms with Gasteiger partial charge in [-0.05, 0) is 89.9 Å². The predicted molar refractivity (Wildman–Crippen MR) is 278 cm³/mol. The highest BCUT2D eigenvalue weighted by atomic mass is 16.5. The van der Waals surface area contributed by atoms with E-state index in [-0.39, 0.29) is 18.5 Å². The van der Waals surface area contributed by atoms with Crippen molar-refractivity contribution in [3.05, 3.63) is 48.6 Å². The molecule has 0 bridgehead atoms. The van der Waals surface area contributed by atoms with Crippen LogP contribution in [0.5, 0.6) is 0 Å². The molecule has 6 nitrogen and oxygen atoms in total. The van der Waals surface area contributed by atoms with E-state index in [0.717, 1.165) is 83.5 Å². The molecule has 1 amide bonds. The summed E-state index contributed by atoms with van der Waals surface area (Å²) in [4.78, 5) is 24.5. The first-order valence-electron chi connectivity index (χ1n) is 27.9. The minimum absolute atomic E-state index is 0.0252. The minimum atomic E-state index is -0.856. The van der Waals surface area contributed by atoms with E-state index < -0.39 is 12.1 Å². The van der Waals surface area contributed by atoms with Gasteiger partial charge in [0.15, 0.2) is 0 Å². The highest BCUT2D eigenvalue weighted by Gasteiger charge is 2.18. The number of nitrogens with one attached hydrogen (secondary N) is 1. The van der Waals surface area contributed by atoms with Gasteiger partial charge in [-0.15, -0.1) is 0 Å². The second-order valence-corrected chi connectivity index (χ2v) is 18.9. The molecule has 6 heteroatoms. The molecule has 0 spiro atoms. The Hall–Kier alpha value is -2.18. The summed E-state index contributed by atoms with van der Waals surface area (Å²) in [6, 6.07) is -0.641. The number of hydrogen-bond donors (Lipinski definition) is 3. The Morgan fingerprint density at radius 1 is 0.438 bits per heavy atom. The minimum Gasteiger partial charge on any atom is -0.466 e. The van der Waals surface area contributed by atoms with Crippen molar-refractivity contribution in [2.24, 2.45) is 0 Å². The molecule has 0 aliphatic heterocycles. The Balaban J connectivity index is 3.52. The van der Waals surface area contributed by atoms with E-state index >= 15 is 0 Å². The summed E-state index contributed by atoms with van der Waals surface area (Å²) in [6.45, 7) is 4.84. The van der Waals surface area contributed by atoms with Gasteiger partial charge < -0.3 is 20.3 Å². The normalized spacial score (nSPS) is 13.0. The van der Waals surface area contributed by atoms with Gasteiger partial charge in [-0.2, -0.15) is 0 Å². The second kappa shape index (κ2) is 53.4. The van der Waals surface area contributed by atoms with Crippen LogP contribution < -0.4 is 5.32 Å². The van der Waals surface area contributed by atoms with Crippen LogP contribution in [0.15, 0.2) is 48.6 Å². The quantitative estimate of drug-likeness (QED) is 0.0321. The maximum Gasteiger partial charge on any atom is 0.305 e. The molecule has 374 valence electrons. The number of aliphatic hydroxyl groups is 2. The smallest absolute Gasteiger partial charge is 0.305 e. The largest absolute Gasteiger partial charge is 0.466 e. The third-order valence-corrected chi connectivity index (χ3v) is 12.6.